The molecule has 0 saturated carbocycles. The Morgan fingerprint density at radius 3 is 2.54 bits per heavy atom. The summed E-state index contributed by atoms with van der Waals surface area (Å²) in [6, 6.07) is 16.0. The number of hydrogen-bond acceptors (Lipinski definition) is 3. The second-order valence-corrected chi connectivity index (χ2v) is 7.67. The highest BCUT2D eigenvalue weighted by Gasteiger charge is 2.19. The molecule has 1 aliphatic heterocycles. The maximum atomic E-state index is 12.6. The fraction of sp³-hybridized carbons (Fsp3) is 0.435. The van der Waals surface area contributed by atoms with Gasteiger partial charge >= 0.3 is 0 Å². The summed E-state index contributed by atoms with van der Waals surface area (Å²) in [7, 11) is 1.66. The zero-order valence-electron chi connectivity index (χ0n) is 16.6. The summed E-state index contributed by atoms with van der Waals surface area (Å²) >= 11 is 6.26. The van der Waals surface area contributed by atoms with E-state index in [0.29, 0.717) is 6.42 Å². The van der Waals surface area contributed by atoms with Crippen molar-refractivity contribution < 1.29 is 9.53 Å². The van der Waals surface area contributed by atoms with Crippen molar-refractivity contribution in [3.8, 4) is 5.75 Å². The topological polar surface area (TPSA) is 32.8 Å². The second kappa shape index (κ2) is 10.5. The van der Waals surface area contributed by atoms with Crippen molar-refractivity contribution in [3.63, 3.8) is 0 Å². The maximum absolute atomic E-state index is 12.6. The Kier molecular flexibility index (Phi) is 7.75. The molecule has 1 aliphatic rings. The zero-order chi connectivity index (χ0) is 19.8. The molecule has 2 aromatic rings. The Labute approximate surface area is 173 Å². The highest BCUT2D eigenvalue weighted by molar-refractivity contribution is 6.31. The van der Waals surface area contributed by atoms with Crippen LogP contribution in [-0.4, -0.2) is 55.5 Å². The van der Waals surface area contributed by atoms with Crippen molar-refractivity contribution in [2.24, 2.45) is 0 Å². The summed E-state index contributed by atoms with van der Waals surface area (Å²) in [5.74, 6) is 1.10. The number of methoxy groups -OCH3 is 1. The van der Waals surface area contributed by atoms with E-state index in [1.165, 1.54) is 11.1 Å². The van der Waals surface area contributed by atoms with Crippen LogP contribution in [0.5, 0.6) is 5.75 Å². The first-order valence-corrected chi connectivity index (χ1v) is 10.4. The molecule has 0 radical (unpaired) electrons. The van der Waals surface area contributed by atoms with Crippen molar-refractivity contribution in [2.45, 2.75) is 25.7 Å². The van der Waals surface area contributed by atoms with Gasteiger partial charge in [0.05, 0.1) is 7.11 Å². The van der Waals surface area contributed by atoms with Crippen molar-refractivity contribution in [3.05, 3.63) is 64.7 Å². The predicted molar refractivity (Wildman–Crippen MR) is 114 cm³/mol. The fourth-order valence-electron chi connectivity index (χ4n) is 3.63. The zero-order valence-corrected chi connectivity index (χ0v) is 17.3. The van der Waals surface area contributed by atoms with Gasteiger partial charge < -0.3 is 14.5 Å². The van der Waals surface area contributed by atoms with Gasteiger partial charge in [-0.05, 0) is 55.1 Å². The van der Waals surface area contributed by atoms with Gasteiger partial charge in [-0.3, -0.25) is 4.79 Å². The minimum atomic E-state index is 0.253. The van der Waals surface area contributed by atoms with Crippen molar-refractivity contribution >= 4 is 17.5 Å². The molecule has 0 aliphatic carbocycles. The highest BCUT2D eigenvalue weighted by atomic mass is 35.5. The molecular weight excluding hydrogens is 372 g/mol. The Morgan fingerprint density at radius 2 is 1.79 bits per heavy atom. The minimum Gasteiger partial charge on any atom is -0.497 e. The molecule has 3 rings (SSSR count). The highest BCUT2D eigenvalue weighted by Crippen LogP contribution is 2.17. The first kappa shape index (κ1) is 20.7. The molecular formula is C23H29ClN2O2. The monoisotopic (exact) mass is 400 g/mol. The third kappa shape index (κ3) is 5.98. The van der Waals surface area contributed by atoms with Crippen LogP contribution in [0, 0.1) is 0 Å². The first-order valence-electron chi connectivity index (χ1n) is 10.0. The molecule has 0 N–H and O–H groups in total. The summed E-state index contributed by atoms with van der Waals surface area (Å²) in [4.78, 5) is 17.1. The van der Waals surface area contributed by atoms with E-state index in [9.17, 15) is 4.79 Å². The van der Waals surface area contributed by atoms with Crippen LogP contribution < -0.4 is 4.74 Å². The largest absolute Gasteiger partial charge is 0.497 e. The average Bonchev–Trinajstić information content (AvgIpc) is 2.97. The molecule has 0 unspecified atom stereocenters. The lowest BCUT2D eigenvalue weighted by Crippen LogP contribution is -2.35. The Bertz CT molecular complexity index is 763. The Hall–Kier alpha value is -2.04. The number of halogens is 1. The molecule has 2 aromatic carbocycles. The smallest absolute Gasteiger partial charge is 0.222 e. The summed E-state index contributed by atoms with van der Waals surface area (Å²) < 4.78 is 5.18. The van der Waals surface area contributed by atoms with E-state index >= 15 is 0 Å². The van der Waals surface area contributed by atoms with Crippen molar-refractivity contribution in [1.29, 1.82) is 0 Å². The summed E-state index contributed by atoms with van der Waals surface area (Å²) in [5.41, 5.74) is 2.37. The molecule has 150 valence electrons. The lowest BCUT2D eigenvalue weighted by atomic mass is 10.1. The number of carbonyl (C=O) groups excluding carboxylic acids is 1. The van der Waals surface area contributed by atoms with Crippen LogP contribution in [0.25, 0.3) is 0 Å². The van der Waals surface area contributed by atoms with Gasteiger partial charge in [0.15, 0.2) is 0 Å². The quantitative estimate of drug-likeness (QED) is 0.702. The van der Waals surface area contributed by atoms with Crippen LogP contribution in [0.2, 0.25) is 5.02 Å². The SMILES string of the molecule is COc1ccc(CCC(=O)N2CCCN(CCc3ccccc3Cl)CC2)cc1. The minimum absolute atomic E-state index is 0.253. The van der Waals surface area contributed by atoms with E-state index in [2.05, 4.69) is 11.0 Å². The van der Waals surface area contributed by atoms with Crippen LogP contribution in [-0.2, 0) is 17.6 Å². The van der Waals surface area contributed by atoms with Crippen LogP contribution >= 0.6 is 11.6 Å². The molecule has 0 spiro atoms. The predicted octanol–water partition coefficient (Wildman–Crippen LogP) is 4.06. The normalized spacial score (nSPS) is 15.3. The summed E-state index contributed by atoms with van der Waals surface area (Å²) in [5, 5.41) is 0.840. The first-order chi connectivity index (χ1) is 13.7. The number of hydrogen-bond donors (Lipinski definition) is 0. The molecule has 5 heteroatoms. The number of rotatable bonds is 7. The third-order valence-corrected chi connectivity index (χ3v) is 5.75. The Morgan fingerprint density at radius 1 is 1.00 bits per heavy atom. The number of amides is 1. The number of ether oxygens (including phenoxy) is 1. The molecule has 28 heavy (non-hydrogen) atoms. The Balaban J connectivity index is 1.43. The maximum Gasteiger partial charge on any atom is 0.222 e. The van der Waals surface area contributed by atoms with E-state index in [1.807, 2.05) is 47.4 Å². The molecule has 1 amide bonds. The summed E-state index contributed by atoms with van der Waals surface area (Å²) in [6.45, 7) is 4.61. The average molecular weight is 401 g/mol. The molecule has 1 saturated heterocycles. The van der Waals surface area contributed by atoms with Gasteiger partial charge in [0.2, 0.25) is 5.91 Å². The van der Waals surface area contributed by atoms with Gasteiger partial charge in [-0.15, -0.1) is 0 Å². The van der Waals surface area contributed by atoms with Crippen LogP contribution in [0.15, 0.2) is 48.5 Å². The lowest BCUT2D eigenvalue weighted by Gasteiger charge is -2.22. The molecule has 1 fully saturated rings. The molecule has 4 nitrogen and oxygen atoms in total. The van der Waals surface area contributed by atoms with Gasteiger partial charge in [0.1, 0.15) is 5.75 Å². The van der Waals surface area contributed by atoms with Gasteiger partial charge in [0.25, 0.3) is 0 Å². The van der Waals surface area contributed by atoms with E-state index in [-0.39, 0.29) is 5.91 Å². The van der Waals surface area contributed by atoms with E-state index in [4.69, 9.17) is 16.3 Å². The van der Waals surface area contributed by atoms with Crippen LogP contribution in [0.3, 0.4) is 0 Å². The second-order valence-electron chi connectivity index (χ2n) is 7.27. The van der Waals surface area contributed by atoms with Crippen LogP contribution in [0.4, 0.5) is 0 Å². The number of carbonyl (C=O) groups is 1. The third-order valence-electron chi connectivity index (χ3n) is 5.38. The van der Waals surface area contributed by atoms with E-state index < -0.39 is 0 Å². The molecule has 0 atom stereocenters. The van der Waals surface area contributed by atoms with Crippen molar-refractivity contribution in [1.82, 2.24) is 9.80 Å². The van der Waals surface area contributed by atoms with E-state index in [0.717, 1.165) is 62.8 Å². The van der Waals surface area contributed by atoms with Gasteiger partial charge in [-0.1, -0.05) is 41.9 Å². The van der Waals surface area contributed by atoms with Gasteiger partial charge in [0, 0.05) is 37.6 Å². The van der Waals surface area contributed by atoms with E-state index in [1.54, 1.807) is 7.11 Å². The molecule has 0 aromatic heterocycles. The van der Waals surface area contributed by atoms with Crippen molar-refractivity contribution in [2.75, 3.05) is 39.8 Å². The summed E-state index contributed by atoms with van der Waals surface area (Å²) in [6.07, 6.45) is 3.31. The standard InChI is InChI=1S/C23H29ClN2O2/c1-28-21-10-7-19(8-11-21)9-12-23(27)26-15-4-14-25(17-18-26)16-13-20-5-2-3-6-22(20)24/h2-3,5-8,10-11H,4,9,12-18H2,1H3. The van der Waals surface area contributed by atoms with Crippen LogP contribution in [0.1, 0.15) is 24.0 Å². The van der Waals surface area contributed by atoms with Gasteiger partial charge in [-0.25, -0.2) is 0 Å². The van der Waals surface area contributed by atoms with Gasteiger partial charge in [-0.2, -0.15) is 0 Å². The lowest BCUT2D eigenvalue weighted by molar-refractivity contribution is -0.131. The number of benzene rings is 2. The molecule has 0 bridgehead atoms. The number of aryl methyl sites for hydroxylation is 1. The fourth-order valence-corrected chi connectivity index (χ4v) is 3.86. The molecule has 1 heterocycles. The number of nitrogens with zero attached hydrogens (tertiary/aromatic N) is 2.